The first-order valence-electron chi connectivity index (χ1n) is 36.9. The monoisotopic (exact) mass is 1150 g/mol. The molecule has 2 unspecified atom stereocenters. The van der Waals surface area contributed by atoms with E-state index in [2.05, 4.69) is 55.6 Å². The summed E-state index contributed by atoms with van der Waals surface area (Å²) in [6.07, 6.45) is 93.5. The van der Waals surface area contributed by atoms with Gasteiger partial charge in [-0.2, -0.15) is 0 Å². The Morgan fingerprint density at radius 1 is 0.341 bits per heavy atom. The molecule has 0 rings (SSSR count). The minimum atomic E-state index is -0.843. The van der Waals surface area contributed by atoms with Crippen molar-refractivity contribution < 1.29 is 24.5 Å². The molecule has 0 aliphatic rings. The number of amides is 1. The van der Waals surface area contributed by atoms with Crippen molar-refractivity contribution in [3.05, 3.63) is 48.6 Å². The second-order valence-corrected chi connectivity index (χ2v) is 25.3. The number of carbonyl (C=O) groups is 2. The molecule has 0 fully saturated rings. The number of rotatable bonds is 69. The summed E-state index contributed by atoms with van der Waals surface area (Å²) in [5, 5.41) is 23.2. The van der Waals surface area contributed by atoms with Crippen LogP contribution in [0.25, 0.3) is 0 Å². The van der Waals surface area contributed by atoms with Crippen LogP contribution in [0.2, 0.25) is 0 Å². The molecule has 0 saturated carbocycles. The van der Waals surface area contributed by atoms with Crippen molar-refractivity contribution in [3.8, 4) is 0 Å². The van der Waals surface area contributed by atoms with E-state index >= 15 is 0 Å². The molecule has 0 aromatic heterocycles. The highest BCUT2D eigenvalue weighted by Crippen LogP contribution is 2.18. The Labute approximate surface area is 512 Å². The van der Waals surface area contributed by atoms with Gasteiger partial charge in [-0.3, -0.25) is 9.59 Å². The van der Waals surface area contributed by atoms with Gasteiger partial charge in [-0.25, -0.2) is 0 Å². The van der Waals surface area contributed by atoms with Crippen molar-refractivity contribution in [2.45, 2.75) is 411 Å². The standard InChI is InChI=1S/C76H143NO5/c1-3-5-7-9-11-13-15-17-19-37-42-46-50-54-58-62-66-70-76(81)82-71-67-63-59-55-51-47-43-39-36-34-32-30-28-26-24-22-20-21-23-25-27-29-31-33-35-38-41-45-49-53-57-61-65-69-75(80)77-73(72-78)74(79)68-64-60-56-52-48-44-40-18-16-14-12-10-8-6-4-2/h17,19,24,26,30,32,64,68,73-74,78-79H,3-16,18,20-23,25,27-29,31,33-63,65-67,69-72H2,1-2H3,(H,77,80)/b19-17-,26-24-,32-30-,68-64+. The zero-order valence-electron chi connectivity index (χ0n) is 55.2. The van der Waals surface area contributed by atoms with Crippen molar-refractivity contribution in [2.75, 3.05) is 13.2 Å². The summed E-state index contributed by atoms with van der Waals surface area (Å²) in [7, 11) is 0. The van der Waals surface area contributed by atoms with Gasteiger partial charge in [0.15, 0.2) is 0 Å². The Morgan fingerprint density at radius 3 is 0.939 bits per heavy atom. The number of aliphatic hydroxyl groups excluding tert-OH is 2. The molecule has 6 nitrogen and oxygen atoms in total. The summed E-state index contributed by atoms with van der Waals surface area (Å²) < 4.78 is 5.50. The highest BCUT2D eigenvalue weighted by Gasteiger charge is 2.18. The lowest BCUT2D eigenvalue weighted by Crippen LogP contribution is -2.45. The van der Waals surface area contributed by atoms with Gasteiger partial charge < -0.3 is 20.3 Å². The van der Waals surface area contributed by atoms with Crippen LogP contribution in [0, 0.1) is 0 Å². The highest BCUT2D eigenvalue weighted by molar-refractivity contribution is 5.76. The lowest BCUT2D eigenvalue weighted by Gasteiger charge is -2.20. The average Bonchev–Trinajstić information content (AvgIpc) is 3.48. The number of esters is 1. The number of unbranched alkanes of at least 4 members (excludes halogenated alkanes) is 52. The summed E-state index contributed by atoms with van der Waals surface area (Å²) >= 11 is 0. The van der Waals surface area contributed by atoms with E-state index in [4.69, 9.17) is 4.74 Å². The topological polar surface area (TPSA) is 95.9 Å². The van der Waals surface area contributed by atoms with Crippen LogP contribution in [0.5, 0.6) is 0 Å². The van der Waals surface area contributed by atoms with Crippen LogP contribution >= 0.6 is 0 Å². The Morgan fingerprint density at radius 2 is 0.610 bits per heavy atom. The Kier molecular flexibility index (Phi) is 69.4. The Balaban J connectivity index is 3.39. The molecule has 0 spiro atoms. The van der Waals surface area contributed by atoms with Gasteiger partial charge in [-0.15, -0.1) is 0 Å². The van der Waals surface area contributed by atoms with E-state index in [-0.39, 0.29) is 18.5 Å². The molecule has 2 atom stereocenters. The van der Waals surface area contributed by atoms with Crippen molar-refractivity contribution >= 4 is 11.9 Å². The van der Waals surface area contributed by atoms with Crippen molar-refractivity contribution in [3.63, 3.8) is 0 Å². The number of allylic oxidation sites excluding steroid dienone is 7. The third-order valence-electron chi connectivity index (χ3n) is 17.1. The van der Waals surface area contributed by atoms with Gasteiger partial charge in [-0.1, -0.05) is 345 Å². The first-order chi connectivity index (χ1) is 40.5. The molecule has 0 aromatic rings. The molecular formula is C76H143NO5. The maximum Gasteiger partial charge on any atom is 0.305 e. The third-order valence-corrected chi connectivity index (χ3v) is 17.1. The SMILES string of the molecule is CCCCCCCC/C=C\CCCCCCCCCC(=O)OCCCCCCCCCCC/C=C\C/C=C\CCCCCCCCCCCCCCCCCCCC(=O)NC(CO)C(O)/C=C/CCCCCCCCCCCCCCC. The maximum atomic E-state index is 12.5. The highest BCUT2D eigenvalue weighted by atomic mass is 16.5. The molecule has 0 heterocycles. The van der Waals surface area contributed by atoms with E-state index in [1.54, 1.807) is 6.08 Å². The molecule has 3 N–H and O–H groups in total. The van der Waals surface area contributed by atoms with Crippen LogP contribution in [0.4, 0.5) is 0 Å². The molecule has 0 saturated heterocycles. The lowest BCUT2D eigenvalue weighted by atomic mass is 10.0. The summed E-state index contributed by atoms with van der Waals surface area (Å²) in [4.78, 5) is 24.6. The zero-order valence-corrected chi connectivity index (χ0v) is 55.2. The number of aliphatic hydroxyl groups is 2. The Bertz CT molecular complexity index is 1370. The van der Waals surface area contributed by atoms with Gasteiger partial charge >= 0.3 is 5.97 Å². The van der Waals surface area contributed by atoms with Crippen LogP contribution in [-0.4, -0.2) is 47.4 Å². The second-order valence-electron chi connectivity index (χ2n) is 25.3. The minimum Gasteiger partial charge on any atom is -0.466 e. The molecule has 0 aliphatic heterocycles. The molecule has 0 radical (unpaired) electrons. The fraction of sp³-hybridized carbons (Fsp3) is 0.868. The largest absolute Gasteiger partial charge is 0.466 e. The zero-order chi connectivity index (χ0) is 59.2. The number of ether oxygens (including phenoxy) is 1. The van der Waals surface area contributed by atoms with E-state index in [0.29, 0.717) is 19.4 Å². The first-order valence-corrected chi connectivity index (χ1v) is 36.9. The van der Waals surface area contributed by atoms with E-state index in [0.717, 1.165) is 51.4 Å². The van der Waals surface area contributed by atoms with Gasteiger partial charge in [0, 0.05) is 12.8 Å². The molecular weight excluding hydrogens is 1010 g/mol. The second kappa shape index (κ2) is 71.3. The van der Waals surface area contributed by atoms with Crippen LogP contribution in [-0.2, 0) is 14.3 Å². The van der Waals surface area contributed by atoms with E-state index in [1.807, 2.05) is 6.08 Å². The van der Waals surface area contributed by atoms with E-state index in [9.17, 15) is 19.8 Å². The van der Waals surface area contributed by atoms with Gasteiger partial charge in [0.05, 0.1) is 25.4 Å². The molecule has 0 aromatic carbocycles. The number of carbonyl (C=O) groups excluding carboxylic acids is 2. The van der Waals surface area contributed by atoms with Gasteiger partial charge in [0.1, 0.15) is 0 Å². The minimum absolute atomic E-state index is 0.0108. The quantitative estimate of drug-likeness (QED) is 0.0320. The molecule has 482 valence electrons. The predicted molar refractivity (Wildman–Crippen MR) is 361 cm³/mol. The van der Waals surface area contributed by atoms with Gasteiger partial charge in [0.25, 0.3) is 0 Å². The average molecular weight is 1150 g/mol. The summed E-state index contributed by atoms with van der Waals surface area (Å²) in [5.74, 6) is -0.0533. The number of hydrogen-bond donors (Lipinski definition) is 3. The third kappa shape index (κ3) is 67.0. The normalized spacial score (nSPS) is 12.8. The first kappa shape index (κ1) is 79.8. The van der Waals surface area contributed by atoms with Crippen LogP contribution in [0.15, 0.2) is 48.6 Å². The van der Waals surface area contributed by atoms with Crippen LogP contribution in [0.3, 0.4) is 0 Å². The summed E-state index contributed by atoms with van der Waals surface area (Å²) in [6, 6.07) is -0.627. The number of nitrogens with one attached hydrogen (secondary N) is 1. The van der Waals surface area contributed by atoms with Crippen molar-refractivity contribution in [1.29, 1.82) is 0 Å². The fourth-order valence-corrected chi connectivity index (χ4v) is 11.4. The Hall–Kier alpha value is -2.18. The lowest BCUT2D eigenvalue weighted by molar-refractivity contribution is -0.143. The summed E-state index contributed by atoms with van der Waals surface area (Å²) in [6.45, 7) is 4.92. The molecule has 1 amide bonds. The van der Waals surface area contributed by atoms with E-state index in [1.165, 1.54) is 321 Å². The van der Waals surface area contributed by atoms with Crippen molar-refractivity contribution in [1.82, 2.24) is 5.32 Å². The van der Waals surface area contributed by atoms with Crippen LogP contribution in [0.1, 0.15) is 399 Å². The molecule has 6 heteroatoms. The van der Waals surface area contributed by atoms with Gasteiger partial charge in [0.2, 0.25) is 5.91 Å². The molecule has 82 heavy (non-hydrogen) atoms. The fourth-order valence-electron chi connectivity index (χ4n) is 11.4. The number of hydrogen-bond acceptors (Lipinski definition) is 5. The maximum absolute atomic E-state index is 12.5. The molecule has 0 aliphatic carbocycles. The summed E-state index contributed by atoms with van der Waals surface area (Å²) in [5.41, 5.74) is 0. The smallest absolute Gasteiger partial charge is 0.305 e. The van der Waals surface area contributed by atoms with E-state index < -0.39 is 12.1 Å². The van der Waals surface area contributed by atoms with Crippen LogP contribution < -0.4 is 5.32 Å². The van der Waals surface area contributed by atoms with Gasteiger partial charge in [-0.05, 0) is 89.9 Å². The predicted octanol–water partition coefficient (Wildman–Crippen LogP) is 24.0. The van der Waals surface area contributed by atoms with Crippen molar-refractivity contribution in [2.24, 2.45) is 0 Å². The molecule has 0 bridgehead atoms.